The van der Waals surface area contributed by atoms with E-state index >= 15 is 0 Å². The van der Waals surface area contributed by atoms with E-state index in [4.69, 9.17) is 21.1 Å². The van der Waals surface area contributed by atoms with Crippen molar-refractivity contribution in [2.75, 3.05) is 12.0 Å². The second-order valence-electron chi connectivity index (χ2n) is 7.68. The predicted octanol–water partition coefficient (Wildman–Crippen LogP) is 2.85. The number of rotatable bonds is 4. The number of anilines is 1. The van der Waals surface area contributed by atoms with Crippen molar-refractivity contribution in [3.05, 3.63) is 47.5 Å². The Kier molecular flexibility index (Phi) is 4.43. The standard InChI is InChI=1S/C21H18ClNO6S/c1-28-13-8-12(9-15(10-13)30(26,27)14-4-2-11(22)3-5-14)23-20(24)18-16-6-7-17(29-16)19(18)21(23)25/h2-5,8-10,16-19H,6-7H2,1H3/t16-,17-,18+,19+/m1/s1. The fourth-order valence-corrected chi connectivity index (χ4v) is 6.11. The minimum absolute atomic E-state index is 0.0495. The SMILES string of the molecule is COc1cc(N2C(=O)[C@@H]3[C@@H](C2=O)[C@H]2CC[C@H]3O2)cc(S(=O)(=O)c2ccc(Cl)cc2)c1. The zero-order chi connectivity index (χ0) is 21.2. The van der Waals surface area contributed by atoms with Gasteiger partial charge in [-0.25, -0.2) is 13.3 Å². The van der Waals surface area contributed by atoms with E-state index in [0.29, 0.717) is 5.02 Å². The molecule has 0 radical (unpaired) electrons. The minimum Gasteiger partial charge on any atom is -0.497 e. The van der Waals surface area contributed by atoms with E-state index in [-0.39, 0.29) is 45.3 Å². The topological polar surface area (TPSA) is 90.0 Å². The minimum atomic E-state index is -3.92. The van der Waals surface area contributed by atoms with Crippen LogP contribution in [0.2, 0.25) is 5.02 Å². The van der Waals surface area contributed by atoms with Gasteiger partial charge >= 0.3 is 0 Å². The van der Waals surface area contributed by atoms with Crippen LogP contribution in [-0.2, 0) is 24.2 Å². The first-order valence-corrected chi connectivity index (χ1v) is 11.4. The van der Waals surface area contributed by atoms with Gasteiger partial charge in [0.1, 0.15) is 5.75 Å². The highest BCUT2D eigenvalue weighted by molar-refractivity contribution is 7.91. The monoisotopic (exact) mass is 447 g/mol. The van der Waals surface area contributed by atoms with Gasteiger partial charge < -0.3 is 9.47 Å². The Morgan fingerprint density at radius 3 is 2.13 bits per heavy atom. The van der Waals surface area contributed by atoms with Crippen LogP contribution in [0.5, 0.6) is 5.75 Å². The molecule has 0 N–H and O–H groups in total. The summed E-state index contributed by atoms with van der Waals surface area (Å²) in [4.78, 5) is 27.2. The molecule has 2 aromatic rings. The molecule has 7 nitrogen and oxygen atoms in total. The van der Waals surface area contributed by atoms with Crippen molar-refractivity contribution in [2.45, 2.75) is 34.8 Å². The lowest BCUT2D eigenvalue weighted by Crippen LogP contribution is -2.34. The normalized spacial score (nSPS) is 27.6. The molecule has 0 saturated carbocycles. The maximum Gasteiger partial charge on any atom is 0.240 e. The molecule has 0 unspecified atom stereocenters. The van der Waals surface area contributed by atoms with Gasteiger partial charge in [0.2, 0.25) is 21.7 Å². The number of methoxy groups -OCH3 is 1. The van der Waals surface area contributed by atoms with Gasteiger partial charge in [-0.3, -0.25) is 9.59 Å². The lowest BCUT2D eigenvalue weighted by molar-refractivity contribution is -0.124. The number of hydrogen-bond donors (Lipinski definition) is 0. The molecule has 30 heavy (non-hydrogen) atoms. The highest BCUT2D eigenvalue weighted by atomic mass is 35.5. The van der Waals surface area contributed by atoms with Crippen LogP contribution < -0.4 is 9.64 Å². The number of amides is 2. The Hall–Kier alpha value is -2.42. The predicted molar refractivity (Wildman–Crippen MR) is 107 cm³/mol. The molecule has 2 aromatic carbocycles. The number of carbonyl (C=O) groups is 2. The molecule has 3 fully saturated rings. The average molecular weight is 448 g/mol. The summed E-state index contributed by atoms with van der Waals surface area (Å²) in [5, 5.41) is 0.414. The van der Waals surface area contributed by atoms with Crippen molar-refractivity contribution < 1.29 is 27.5 Å². The van der Waals surface area contributed by atoms with Crippen LogP contribution in [0, 0.1) is 11.8 Å². The van der Waals surface area contributed by atoms with Crippen molar-refractivity contribution in [3.8, 4) is 5.75 Å². The van der Waals surface area contributed by atoms with Crippen LogP contribution in [0.25, 0.3) is 0 Å². The zero-order valence-electron chi connectivity index (χ0n) is 15.9. The van der Waals surface area contributed by atoms with Gasteiger partial charge in [0, 0.05) is 11.1 Å². The number of ether oxygens (including phenoxy) is 2. The van der Waals surface area contributed by atoms with Crippen LogP contribution in [0.4, 0.5) is 5.69 Å². The van der Waals surface area contributed by atoms with E-state index in [1.165, 1.54) is 49.6 Å². The lowest BCUT2D eigenvalue weighted by Gasteiger charge is -2.19. The van der Waals surface area contributed by atoms with Crippen LogP contribution in [0.1, 0.15) is 12.8 Å². The van der Waals surface area contributed by atoms with Gasteiger partial charge in [0.05, 0.1) is 46.6 Å². The van der Waals surface area contributed by atoms with E-state index in [1.54, 1.807) is 0 Å². The number of hydrogen-bond acceptors (Lipinski definition) is 6. The van der Waals surface area contributed by atoms with Crippen LogP contribution in [-0.4, -0.2) is 39.5 Å². The maximum atomic E-state index is 13.1. The molecule has 3 saturated heterocycles. The molecule has 5 rings (SSSR count). The first-order valence-electron chi connectivity index (χ1n) is 9.54. The Bertz CT molecular complexity index is 1130. The summed E-state index contributed by atoms with van der Waals surface area (Å²) in [5.74, 6) is -1.46. The smallest absolute Gasteiger partial charge is 0.240 e. The van der Waals surface area contributed by atoms with Crippen molar-refractivity contribution in [1.29, 1.82) is 0 Å². The highest BCUT2D eigenvalue weighted by Crippen LogP contribution is 2.49. The molecule has 2 amide bonds. The summed E-state index contributed by atoms with van der Waals surface area (Å²) in [6.07, 6.45) is 1.02. The third-order valence-electron chi connectivity index (χ3n) is 6.08. The molecule has 4 atom stereocenters. The fourth-order valence-electron chi connectivity index (χ4n) is 4.68. The van der Waals surface area contributed by atoms with Gasteiger partial charge in [-0.15, -0.1) is 0 Å². The second kappa shape index (κ2) is 6.80. The molecule has 3 aliphatic heterocycles. The van der Waals surface area contributed by atoms with E-state index in [9.17, 15) is 18.0 Å². The largest absolute Gasteiger partial charge is 0.497 e. The number of sulfone groups is 1. The number of imide groups is 1. The quantitative estimate of drug-likeness (QED) is 0.669. The van der Waals surface area contributed by atoms with Gasteiger partial charge in [-0.05, 0) is 49.2 Å². The molecule has 3 heterocycles. The Morgan fingerprint density at radius 1 is 0.967 bits per heavy atom. The van der Waals surface area contributed by atoms with Crippen LogP contribution in [0.3, 0.4) is 0 Å². The molecule has 3 aliphatic rings. The number of halogens is 1. The van der Waals surface area contributed by atoms with Crippen molar-refractivity contribution in [2.24, 2.45) is 11.8 Å². The fraction of sp³-hybridized carbons (Fsp3) is 0.333. The van der Waals surface area contributed by atoms with E-state index in [1.807, 2.05) is 0 Å². The van der Waals surface area contributed by atoms with E-state index in [2.05, 4.69) is 0 Å². The number of nitrogens with zero attached hydrogens (tertiary/aromatic N) is 1. The molecule has 0 aliphatic carbocycles. The summed E-state index contributed by atoms with van der Waals surface area (Å²) in [6, 6.07) is 9.99. The van der Waals surface area contributed by atoms with Crippen molar-refractivity contribution >= 4 is 38.9 Å². The number of fused-ring (bicyclic) bond motifs is 5. The summed E-state index contributed by atoms with van der Waals surface area (Å²) in [5.41, 5.74) is 0.186. The number of carbonyl (C=O) groups excluding carboxylic acids is 2. The molecular formula is C21H18ClNO6S. The zero-order valence-corrected chi connectivity index (χ0v) is 17.5. The van der Waals surface area contributed by atoms with E-state index in [0.717, 1.165) is 17.7 Å². The van der Waals surface area contributed by atoms with Crippen LogP contribution in [0.15, 0.2) is 52.3 Å². The highest BCUT2D eigenvalue weighted by Gasteiger charge is 2.62. The Balaban J connectivity index is 1.58. The Morgan fingerprint density at radius 2 is 1.57 bits per heavy atom. The summed E-state index contributed by atoms with van der Waals surface area (Å²) >= 11 is 5.87. The summed E-state index contributed by atoms with van der Waals surface area (Å²) in [6.45, 7) is 0. The average Bonchev–Trinajstić information content (AvgIpc) is 3.41. The molecule has 0 aromatic heterocycles. The second-order valence-corrected chi connectivity index (χ2v) is 10.1. The third-order valence-corrected chi connectivity index (χ3v) is 8.08. The van der Waals surface area contributed by atoms with Crippen molar-refractivity contribution in [1.82, 2.24) is 0 Å². The molecular weight excluding hydrogens is 430 g/mol. The van der Waals surface area contributed by atoms with Gasteiger partial charge in [-0.2, -0.15) is 0 Å². The molecule has 2 bridgehead atoms. The molecule has 0 spiro atoms. The summed E-state index contributed by atoms with van der Waals surface area (Å²) in [7, 11) is -2.52. The molecule has 156 valence electrons. The Labute approximate surface area is 178 Å². The van der Waals surface area contributed by atoms with E-state index < -0.39 is 21.7 Å². The summed E-state index contributed by atoms with van der Waals surface area (Å²) < 4.78 is 37.3. The van der Waals surface area contributed by atoms with Gasteiger partial charge in [-0.1, -0.05) is 11.6 Å². The van der Waals surface area contributed by atoms with Gasteiger partial charge in [0.25, 0.3) is 0 Å². The lowest BCUT2D eigenvalue weighted by atomic mass is 9.81. The maximum absolute atomic E-state index is 13.1. The first-order chi connectivity index (χ1) is 14.3. The third kappa shape index (κ3) is 2.78. The number of benzene rings is 2. The molecule has 9 heteroatoms. The first kappa shape index (κ1) is 19.5. The van der Waals surface area contributed by atoms with Crippen LogP contribution >= 0.6 is 11.6 Å². The van der Waals surface area contributed by atoms with Crippen molar-refractivity contribution in [3.63, 3.8) is 0 Å². The van der Waals surface area contributed by atoms with Gasteiger partial charge in [0.15, 0.2) is 0 Å².